The van der Waals surface area contributed by atoms with Gasteiger partial charge in [0.25, 0.3) is 0 Å². The van der Waals surface area contributed by atoms with Gasteiger partial charge in [0.15, 0.2) is 0 Å². The number of nitrogens with two attached hydrogens (primary N) is 1. The van der Waals surface area contributed by atoms with E-state index in [4.69, 9.17) is 10.5 Å². The second kappa shape index (κ2) is 5.72. The maximum atomic E-state index is 6.01. The van der Waals surface area contributed by atoms with E-state index in [0.717, 1.165) is 31.7 Å². The van der Waals surface area contributed by atoms with Crippen LogP contribution in [0.2, 0.25) is 0 Å². The number of nitrogens with zero attached hydrogens (tertiary/aromatic N) is 1. The van der Waals surface area contributed by atoms with Crippen LogP contribution in [-0.2, 0) is 6.54 Å². The van der Waals surface area contributed by atoms with Gasteiger partial charge in [0, 0.05) is 30.7 Å². The first kappa shape index (κ1) is 13.4. The highest BCUT2D eigenvalue weighted by molar-refractivity contribution is 5.36. The summed E-state index contributed by atoms with van der Waals surface area (Å²) in [7, 11) is 1.74. The molecule has 3 nitrogen and oxygen atoms in total. The topological polar surface area (TPSA) is 38.5 Å². The van der Waals surface area contributed by atoms with E-state index in [1.165, 1.54) is 11.1 Å². The third-order valence-corrected chi connectivity index (χ3v) is 3.86. The van der Waals surface area contributed by atoms with Crippen LogP contribution >= 0.6 is 0 Å². The smallest absolute Gasteiger partial charge is 0.123 e. The molecule has 1 aromatic rings. The summed E-state index contributed by atoms with van der Waals surface area (Å²) in [6.45, 7) is 6.43. The molecule has 2 rings (SSSR count). The number of piperidine rings is 1. The van der Waals surface area contributed by atoms with Gasteiger partial charge in [0.05, 0.1) is 7.11 Å². The Morgan fingerprint density at radius 1 is 1.44 bits per heavy atom. The van der Waals surface area contributed by atoms with Gasteiger partial charge in [0.2, 0.25) is 0 Å². The zero-order valence-corrected chi connectivity index (χ0v) is 11.6. The average molecular weight is 248 g/mol. The fourth-order valence-corrected chi connectivity index (χ4v) is 2.74. The predicted octanol–water partition coefficient (Wildman–Crippen LogP) is 2.32. The van der Waals surface area contributed by atoms with Crippen molar-refractivity contribution in [1.29, 1.82) is 0 Å². The van der Waals surface area contributed by atoms with Crippen LogP contribution < -0.4 is 10.5 Å². The first-order valence-electron chi connectivity index (χ1n) is 6.73. The van der Waals surface area contributed by atoms with Crippen LogP contribution in [0, 0.1) is 6.92 Å². The van der Waals surface area contributed by atoms with Gasteiger partial charge in [-0.25, -0.2) is 0 Å². The lowest BCUT2D eigenvalue weighted by Crippen LogP contribution is -2.45. The van der Waals surface area contributed by atoms with Crippen molar-refractivity contribution in [3.05, 3.63) is 29.3 Å². The molecule has 0 amide bonds. The van der Waals surface area contributed by atoms with Crippen molar-refractivity contribution in [2.75, 3.05) is 13.7 Å². The van der Waals surface area contributed by atoms with E-state index in [-0.39, 0.29) is 0 Å². The van der Waals surface area contributed by atoms with Gasteiger partial charge in [-0.2, -0.15) is 0 Å². The van der Waals surface area contributed by atoms with E-state index in [1.54, 1.807) is 7.11 Å². The van der Waals surface area contributed by atoms with Crippen LogP contribution in [0.15, 0.2) is 18.2 Å². The monoisotopic (exact) mass is 248 g/mol. The number of methoxy groups -OCH3 is 1. The van der Waals surface area contributed by atoms with Crippen LogP contribution in [0.1, 0.15) is 30.9 Å². The van der Waals surface area contributed by atoms with E-state index >= 15 is 0 Å². The Labute approximate surface area is 110 Å². The molecule has 1 aromatic carbocycles. The van der Waals surface area contributed by atoms with Crippen molar-refractivity contribution in [2.45, 2.75) is 45.3 Å². The molecule has 2 N–H and O–H groups in total. The van der Waals surface area contributed by atoms with Crippen LogP contribution in [0.4, 0.5) is 0 Å². The fraction of sp³-hybridized carbons (Fsp3) is 0.600. The summed E-state index contributed by atoms with van der Waals surface area (Å²) in [4.78, 5) is 2.50. The number of rotatable bonds is 3. The molecule has 0 aromatic heterocycles. The Morgan fingerprint density at radius 2 is 2.22 bits per heavy atom. The Kier molecular flexibility index (Phi) is 4.25. The van der Waals surface area contributed by atoms with Crippen LogP contribution in [0.25, 0.3) is 0 Å². The van der Waals surface area contributed by atoms with E-state index < -0.39 is 0 Å². The molecule has 0 bridgehead atoms. The standard InChI is InChI=1S/C15H24N2O/c1-11-4-5-15(18-3)13(8-11)10-17-7-6-14(16)9-12(17)2/h4-5,8,12,14H,6-7,9-10,16H2,1-3H3. The summed E-state index contributed by atoms with van der Waals surface area (Å²) >= 11 is 0. The van der Waals surface area contributed by atoms with E-state index in [2.05, 4.69) is 36.9 Å². The zero-order valence-electron chi connectivity index (χ0n) is 11.6. The Morgan fingerprint density at radius 3 is 2.89 bits per heavy atom. The molecule has 1 aliphatic rings. The molecule has 2 unspecified atom stereocenters. The second-order valence-corrected chi connectivity index (χ2v) is 5.42. The average Bonchev–Trinajstić information content (AvgIpc) is 2.33. The summed E-state index contributed by atoms with van der Waals surface area (Å²) in [5.41, 5.74) is 8.57. The van der Waals surface area contributed by atoms with Gasteiger partial charge >= 0.3 is 0 Å². The highest BCUT2D eigenvalue weighted by Gasteiger charge is 2.23. The summed E-state index contributed by atoms with van der Waals surface area (Å²) < 4.78 is 5.45. The molecule has 3 heteroatoms. The molecule has 0 radical (unpaired) electrons. The molecule has 2 atom stereocenters. The Hall–Kier alpha value is -1.06. The van der Waals surface area contributed by atoms with Crippen LogP contribution in [0.3, 0.4) is 0 Å². The Balaban J connectivity index is 2.11. The van der Waals surface area contributed by atoms with E-state index in [9.17, 15) is 0 Å². The quantitative estimate of drug-likeness (QED) is 0.892. The highest BCUT2D eigenvalue weighted by Crippen LogP contribution is 2.25. The number of hydrogen-bond acceptors (Lipinski definition) is 3. The molecular formula is C15H24N2O. The third-order valence-electron chi connectivity index (χ3n) is 3.86. The maximum absolute atomic E-state index is 6.01. The number of likely N-dealkylation sites (tertiary alicyclic amines) is 1. The van der Waals surface area contributed by atoms with Crippen LogP contribution in [0.5, 0.6) is 5.75 Å². The minimum Gasteiger partial charge on any atom is -0.496 e. The SMILES string of the molecule is COc1ccc(C)cc1CN1CCC(N)CC1C. The van der Waals surface area contributed by atoms with Gasteiger partial charge in [-0.1, -0.05) is 17.7 Å². The van der Waals surface area contributed by atoms with Crippen molar-refractivity contribution in [2.24, 2.45) is 5.73 Å². The normalized spacial score (nSPS) is 25.1. The van der Waals surface area contributed by atoms with Gasteiger partial charge in [-0.15, -0.1) is 0 Å². The molecular weight excluding hydrogens is 224 g/mol. The van der Waals surface area contributed by atoms with Crippen molar-refractivity contribution in [3.8, 4) is 5.75 Å². The second-order valence-electron chi connectivity index (χ2n) is 5.42. The lowest BCUT2D eigenvalue weighted by Gasteiger charge is -2.36. The number of benzene rings is 1. The maximum Gasteiger partial charge on any atom is 0.123 e. The Bertz CT molecular complexity index is 405. The summed E-state index contributed by atoms with van der Waals surface area (Å²) in [5.74, 6) is 0.989. The van der Waals surface area contributed by atoms with Gasteiger partial charge in [0.1, 0.15) is 5.75 Å². The minimum absolute atomic E-state index is 0.371. The lowest BCUT2D eigenvalue weighted by atomic mass is 9.98. The molecule has 1 aliphatic heterocycles. The predicted molar refractivity (Wildman–Crippen MR) is 74.8 cm³/mol. The molecule has 1 saturated heterocycles. The molecule has 1 fully saturated rings. The third kappa shape index (κ3) is 3.03. The van der Waals surface area contributed by atoms with E-state index in [1.807, 2.05) is 0 Å². The van der Waals surface area contributed by atoms with Crippen molar-refractivity contribution in [3.63, 3.8) is 0 Å². The number of hydrogen-bond donors (Lipinski definition) is 1. The van der Waals surface area contributed by atoms with Crippen molar-refractivity contribution >= 4 is 0 Å². The van der Waals surface area contributed by atoms with Gasteiger partial charge < -0.3 is 10.5 Å². The molecule has 0 saturated carbocycles. The fourth-order valence-electron chi connectivity index (χ4n) is 2.74. The van der Waals surface area contributed by atoms with Crippen molar-refractivity contribution < 1.29 is 4.74 Å². The largest absolute Gasteiger partial charge is 0.496 e. The molecule has 100 valence electrons. The van der Waals surface area contributed by atoms with E-state index in [0.29, 0.717) is 12.1 Å². The summed E-state index contributed by atoms with van der Waals surface area (Å²) in [6, 6.07) is 7.30. The zero-order chi connectivity index (χ0) is 13.1. The minimum atomic E-state index is 0.371. The van der Waals surface area contributed by atoms with Crippen molar-refractivity contribution in [1.82, 2.24) is 4.90 Å². The molecule has 0 aliphatic carbocycles. The first-order valence-corrected chi connectivity index (χ1v) is 6.73. The van der Waals surface area contributed by atoms with Gasteiger partial charge in [-0.3, -0.25) is 4.90 Å². The number of ether oxygens (including phenoxy) is 1. The summed E-state index contributed by atoms with van der Waals surface area (Å²) in [6.07, 6.45) is 2.19. The molecule has 1 heterocycles. The molecule has 0 spiro atoms. The van der Waals surface area contributed by atoms with Gasteiger partial charge in [-0.05, 0) is 32.8 Å². The first-order chi connectivity index (χ1) is 8.60. The number of aryl methyl sites for hydroxylation is 1. The highest BCUT2D eigenvalue weighted by atomic mass is 16.5. The lowest BCUT2D eigenvalue weighted by molar-refractivity contribution is 0.138. The van der Waals surface area contributed by atoms with Crippen LogP contribution in [-0.4, -0.2) is 30.6 Å². The molecule has 18 heavy (non-hydrogen) atoms. The summed E-state index contributed by atoms with van der Waals surface area (Å²) in [5, 5.41) is 0.